The van der Waals surface area contributed by atoms with Crippen LogP contribution in [0.2, 0.25) is 0 Å². The first-order chi connectivity index (χ1) is 2.91. The zero-order chi connectivity index (χ0) is 4.83. The minimum absolute atomic E-state index is 0. The van der Waals surface area contributed by atoms with E-state index in [9.17, 15) is 4.79 Å². The van der Waals surface area contributed by atoms with Crippen molar-refractivity contribution < 1.29 is 35.8 Å². The number of aldehydes is 1. The topological polar surface area (TPSA) is 17.1 Å². The van der Waals surface area contributed by atoms with Gasteiger partial charge in [-0.05, 0) is 11.8 Å². The van der Waals surface area contributed by atoms with E-state index in [4.69, 9.17) is 0 Å². The molecule has 0 fully saturated rings. The van der Waals surface area contributed by atoms with Gasteiger partial charge in [-0.25, -0.2) is 0 Å². The van der Waals surface area contributed by atoms with Crippen LogP contribution in [-0.4, -0.2) is 11.7 Å². The summed E-state index contributed by atoms with van der Waals surface area (Å²) in [5, 5.41) is 1.56. The Morgan fingerprint density at radius 1 is 1.57 bits per heavy atom. The first-order valence-corrected chi connectivity index (χ1v) is 2.26. The van der Waals surface area contributed by atoms with E-state index in [-0.39, 0.29) is 31.0 Å². The molecule has 1 nitrogen and oxygen atoms in total. The summed E-state index contributed by atoms with van der Waals surface area (Å²) in [6, 6.07) is 0. The number of unbranched alkanes of at least 4 members (excludes halogenated alkanes) is 1. The van der Waals surface area contributed by atoms with Gasteiger partial charge in [0.15, 0.2) is 0 Å². The molecule has 0 aromatic heterocycles. The molecule has 0 aliphatic rings. The monoisotopic (exact) mass is 126 g/mol. The smallest absolute Gasteiger partial charge is 1.00 e. The maximum Gasteiger partial charge on any atom is 1.00 e. The molecule has 0 rings (SSSR count). The van der Waals surface area contributed by atoms with E-state index < -0.39 is 0 Å². The van der Waals surface area contributed by atoms with E-state index in [1.807, 2.05) is 0 Å². The predicted molar refractivity (Wildman–Crippen MR) is 30.1 cm³/mol. The Hall–Kier alpha value is 0.760. The van der Waals surface area contributed by atoms with Crippen LogP contribution in [0.3, 0.4) is 0 Å². The number of carbonyl (C=O) groups is 1. The van der Waals surface area contributed by atoms with Gasteiger partial charge in [-0.1, -0.05) is 12.2 Å². The first kappa shape index (κ1) is 10.7. The minimum atomic E-state index is 0. The van der Waals surface area contributed by atoms with E-state index in [2.05, 4.69) is 12.2 Å². The van der Waals surface area contributed by atoms with Crippen LogP contribution >= 0.6 is 12.2 Å². The predicted octanol–water partition coefficient (Wildman–Crippen LogP) is -1.92. The van der Waals surface area contributed by atoms with Crippen molar-refractivity contribution in [2.75, 3.05) is 0 Å². The second-order valence-corrected chi connectivity index (χ2v) is 1.24. The van der Waals surface area contributed by atoms with Gasteiger partial charge in [0.2, 0.25) is 0 Å². The molecule has 3 heteroatoms. The van der Waals surface area contributed by atoms with Crippen molar-refractivity contribution in [1.82, 2.24) is 0 Å². The number of hydrogen-bond donors (Lipinski definition) is 0. The molecule has 0 aliphatic heterocycles. The molecule has 0 spiro atoms. The Morgan fingerprint density at radius 3 is 2.29 bits per heavy atom. The molecule has 0 bridgehead atoms. The molecule has 0 saturated carbocycles. The zero-order valence-corrected chi connectivity index (χ0v) is 7.20. The third kappa shape index (κ3) is 10.8. The summed E-state index contributed by atoms with van der Waals surface area (Å²) < 4.78 is 0. The molecule has 0 aliphatic carbocycles. The molecule has 0 heterocycles. The summed E-state index contributed by atoms with van der Waals surface area (Å²) in [5.41, 5.74) is 0. The van der Waals surface area contributed by atoms with E-state index in [1.165, 1.54) is 0 Å². The molecular formula is C4H7NaOS. The molecule has 0 aromatic carbocycles. The second kappa shape index (κ2) is 9.90. The van der Waals surface area contributed by atoms with Crippen LogP contribution in [0.5, 0.6) is 0 Å². The van der Waals surface area contributed by atoms with Gasteiger partial charge in [0.1, 0.15) is 6.29 Å². The summed E-state index contributed by atoms with van der Waals surface area (Å²) in [6.07, 6.45) is 2.17. The van der Waals surface area contributed by atoms with Crippen LogP contribution in [0.1, 0.15) is 14.3 Å². The SMILES string of the molecule is O=CCCC=S.[H-].[Na+]. The van der Waals surface area contributed by atoms with E-state index >= 15 is 0 Å². The molecule has 36 valence electrons. The maximum absolute atomic E-state index is 9.50. The Kier molecular flexibility index (Phi) is 15.1. The molecule has 0 radical (unpaired) electrons. The number of carbonyl (C=O) groups excluding carboxylic acids is 1. The van der Waals surface area contributed by atoms with Crippen LogP contribution in [0, 0.1) is 0 Å². The van der Waals surface area contributed by atoms with Crippen LogP contribution in [0.15, 0.2) is 0 Å². The van der Waals surface area contributed by atoms with Gasteiger partial charge >= 0.3 is 29.6 Å². The maximum atomic E-state index is 9.50. The zero-order valence-electron chi connectivity index (χ0n) is 5.39. The Bertz CT molecular complexity index is 52.0. The largest absolute Gasteiger partial charge is 1.00 e. The third-order valence-corrected chi connectivity index (χ3v) is 0.638. The van der Waals surface area contributed by atoms with Crippen molar-refractivity contribution >= 4 is 23.9 Å². The molecule has 0 amide bonds. The van der Waals surface area contributed by atoms with Crippen molar-refractivity contribution in [2.24, 2.45) is 0 Å². The van der Waals surface area contributed by atoms with E-state index in [0.29, 0.717) is 6.42 Å². The Morgan fingerprint density at radius 2 is 2.14 bits per heavy atom. The van der Waals surface area contributed by atoms with E-state index in [1.54, 1.807) is 5.37 Å². The van der Waals surface area contributed by atoms with Gasteiger partial charge in [0.25, 0.3) is 0 Å². The first-order valence-electron chi connectivity index (χ1n) is 1.79. The Balaban J connectivity index is -0.000000125. The minimum Gasteiger partial charge on any atom is -1.00 e. The molecular weight excluding hydrogens is 119 g/mol. The third-order valence-electron chi connectivity index (χ3n) is 0.402. The molecule has 0 N–H and O–H groups in total. The van der Waals surface area contributed by atoms with Crippen molar-refractivity contribution in [3.63, 3.8) is 0 Å². The standard InChI is InChI=1S/C4H6OS.Na.H/c5-3-1-2-4-6;;/h3-4H,1-2H2;;/q;+1;-1. The fourth-order valence-corrected chi connectivity index (χ4v) is 0.272. The summed E-state index contributed by atoms with van der Waals surface area (Å²) in [5.74, 6) is 0. The summed E-state index contributed by atoms with van der Waals surface area (Å²) in [6.45, 7) is 0. The van der Waals surface area contributed by atoms with Gasteiger partial charge < -0.3 is 6.22 Å². The second-order valence-electron chi connectivity index (χ2n) is 0.911. The van der Waals surface area contributed by atoms with Crippen LogP contribution in [-0.2, 0) is 4.79 Å². The summed E-state index contributed by atoms with van der Waals surface area (Å²) >= 11 is 4.43. The average molecular weight is 126 g/mol. The van der Waals surface area contributed by atoms with Crippen molar-refractivity contribution in [1.29, 1.82) is 0 Å². The average Bonchev–Trinajstić information content (AvgIpc) is 1.61. The normalized spacial score (nSPS) is 6.29. The van der Waals surface area contributed by atoms with Crippen LogP contribution in [0.4, 0.5) is 0 Å². The number of rotatable bonds is 3. The van der Waals surface area contributed by atoms with Crippen molar-refractivity contribution in [2.45, 2.75) is 12.8 Å². The molecule has 0 aromatic rings. The Labute approximate surface area is 72.3 Å². The van der Waals surface area contributed by atoms with Gasteiger partial charge in [0, 0.05) is 6.42 Å². The van der Waals surface area contributed by atoms with Crippen LogP contribution in [0.25, 0.3) is 0 Å². The molecule has 7 heavy (non-hydrogen) atoms. The quantitative estimate of drug-likeness (QED) is 0.190. The summed E-state index contributed by atoms with van der Waals surface area (Å²) in [7, 11) is 0. The van der Waals surface area contributed by atoms with Gasteiger partial charge in [0.05, 0.1) is 0 Å². The van der Waals surface area contributed by atoms with Crippen LogP contribution < -0.4 is 29.6 Å². The van der Waals surface area contributed by atoms with Gasteiger partial charge in [-0.15, -0.1) is 0 Å². The van der Waals surface area contributed by atoms with E-state index in [0.717, 1.165) is 12.7 Å². The van der Waals surface area contributed by atoms with Crippen molar-refractivity contribution in [3.05, 3.63) is 0 Å². The molecule has 0 unspecified atom stereocenters. The molecule has 0 atom stereocenters. The van der Waals surface area contributed by atoms with Crippen molar-refractivity contribution in [3.8, 4) is 0 Å². The number of thiocarbonyl (C=S) groups is 1. The van der Waals surface area contributed by atoms with Gasteiger partial charge in [-0.3, -0.25) is 0 Å². The van der Waals surface area contributed by atoms with Gasteiger partial charge in [-0.2, -0.15) is 0 Å². The fraction of sp³-hybridized carbons (Fsp3) is 0.500. The fourth-order valence-electron chi connectivity index (χ4n) is 0.136. The molecule has 0 saturated heterocycles. The summed E-state index contributed by atoms with van der Waals surface area (Å²) in [4.78, 5) is 9.50. The number of hydrogen-bond acceptors (Lipinski definition) is 2.